The molecule has 0 amide bonds. The van der Waals surface area contributed by atoms with Crippen LogP contribution in [0.3, 0.4) is 0 Å². The van der Waals surface area contributed by atoms with Crippen LogP contribution in [0.1, 0.15) is 43.2 Å². The number of hydrogen-bond acceptors (Lipinski definition) is 2. The number of carbonyl (C=O) groups is 1. The van der Waals surface area contributed by atoms with E-state index in [0.29, 0.717) is 23.5 Å². The van der Waals surface area contributed by atoms with Crippen molar-refractivity contribution in [1.82, 2.24) is 0 Å². The predicted octanol–water partition coefficient (Wildman–Crippen LogP) is 3.90. The summed E-state index contributed by atoms with van der Waals surface area (Å²) in [4.78, 5) is 12.2. The molecule has 2 heteroatoms. The zero-order valence-corrected chi connectivity index (χ0v) is 12.8. The minimum absolute atomic E-state index is 0.120. The SMILES string of the molecule is COc1ccc2c(c1)CC[C@@H]1[C@@H]2CC[C@]2(C)C(=O)C=C[C@H]12. The van der Waals surface area contributed by atoms with E-state index >= 15 is 0 Å². The van der Waals surface area contributed by atoms with E-state index in [1.807, 2.05) is 6.08 Å². The molecule has 3 aliphatic rings. The number of ketones is 1. The molecule has 0 unspecified atom stereocenters. The van der Waals surface area contributed by atoms with Crippen LogP contribution in [0.15, 0.2) is 30.4 Å². The Hall–Kier alpha value is -1.57. The van der Waals surface area contributed by atoms with E-state index in [1.54, 1.807) is 7.11 Å². The highest BCUT2D eigenvalue weighted by Crippen LogP contribution is 2.57. The van der Waals surface area contributed by atoms with Crippen molar-refractivity contribution in [3.05, 3.63) is 41.5 Å². The topological polar surface area (TPSA) is 26.3 Å². The number of ether oxygens (including phenoxy) is 1. The minimum Gasteiger partial charge on any atom is -0.497 e. The maximum atomic E-state index is 12.2. The van der Waals surface area contributed by atoms with Crippen molar-refractivity contribution in [2.75, 3.05) is 7.11 Å². The Morgan fingerprint density at radius 2 is 2.14 bits per heavy atom. The molecule has 1 saturated carbocycles. The number of rotatable bonds is 1. The van der Waals surface area contributed by atoms with Gasteiger partial charge in [-0.25, -0.2) is 0 Å². The first-order valence-electron chi connectivity index (χ1n) is 8.03. The maximum absolute atomic E-state index is 12.2. The van der Waals surface area contributed by atoms with Gasteiger partial charge >= 0.3 is 0 Å². The van der Waals surface area contributed by atoms with Gasteiger partial charge in [-0.3, -0.25) is 4.79 Å². The van der Waals surface area contributed by atoms with Crippen molar-refractivity contribution in [3.8, 4) is 5.75 Å². The van der Waals surface area contributed by atoms with Crippen LogP contribution < -0.4 is 4.74 Å². The largest absolute Gasteiger partial charge is 0.497 e. The molecule has 21 heavy (non-hydrogen) atoms. The number of fused-ring (bicyclic) bond motifs is 5. The highest BCUT2D eigenvalue weighted by molar-refractivity contribution is 5.97. The zero-order valence-electron chi connectivity index (χ0n) is 12.8. The lowest BCUT2D eigenvalue weighted by molar-refractivity contribution is -0.126. The van der Waals surface area contributed by atoms with E-state index in [-0.39, 0.29) is 5.41 Å². The van der Waals surface area contributed by atoms with Gasteiger partial charge in [0, 0.05) is 5.41 Å². The molecule has 0 saturated heterocycles. The van der Waals surface area contributed by atoms with Crippen molar-refractivity contribution in [1.29, 1.82) is 0 Å². The van der Waals surface area contributed by atoms with Crippen molar-refractivity contribution >= 4 is 5.78 Å². The smallest absolute Gasteiger partial charge is 0.161 e. The van der Waals surface area contributed by atoms with Crippen molar-refractivity contribution in [2.24, 2.45) is 17.3 Å². The summed E-state index contributed by atoms with van der Waals surface area (Å²) in [6.07, 6.45) is 8.52. The first-order valence-corrected chi connectivity index (χ1v) is 8.03. The lowest BCUT2D eigenvalue weighted by atomic mass is 9.55. The predicted molar refractivity (Wildman–Crippen MR) is 82.5 cm³/mol. The number of aryl methyl sites for hydroxylation is 1. The summed E-state index contributed by atoms with van der Waals surface area (Å²) in [6.45, 7) is 2.18. The summed E-state index contributed by atoms with van der Waals surface area (Å²) in [6, 6.07) is 6.55. The van der Waals surface area contributed by atoms with Crippen LogP contribution in [0.4, 0.5) is 0 Å². The first kappa shape index (κ1) is 13.1. The molecule has 1 aromatic rings. The molecule has 0 aromatic heterocycles. The second kappa shape index (κ2) is 4.46. The van der Waals surface area contributed by atoms with E-state index in [9.17, 15) is 4.79 Å². The normalized spacial score (nSPS) is 36.9. The summed E-state index contributed by atoms with van der Waals surface area (Å²) in [5.74, 6) is 3.01. The molecule has 4 rings (SSSR count). The molecule has 0 aliphatic heterocycles. The standard InChI is InChI=1S/C19H22O2/c1-19-10-9-15-14-6-4-13(21-2)11-12(14)3-5-16(15)17(19)7-8-18(19)20/h4,6-8,11,15-17H,3,5,9-10H2,1-2H3/t15-,16-,17-,19+/m1/s1. The third-order valence-electron chi connectivity index (χ3n) is 6.20. The van der Waals surface area contributed by atoms with Gasteiger partial charge in [0.1, 0.15) is 5.75 Å². The lowest BCUT2D eigenvalue weighted by Crippen LogP contribution is -2.42. The molecule has 4 atom stereocenters. The van der Waals surface area contributed by atoms with Crippen LogP contribution in [-0.2, 0) is 11.2 Å². The van der Waals surface area contributed by atoms with Gasteiger partial charge in [0.2, 0.25) is 0 Å². The molecule has 2 nitrogen and oxygen atoms in total. The Kier molecular flexibility index (Phi) is 2.79. The molecular formula is C19H22O2. The fraction of sp³-hybridized carbons (Fsp3) is 0.526. The molecule has 0 spiro atoms. The minimum atomic E-state index is -0.120. The molecule has 1 aromatic carbocycles. The monoisotopic (exact) mass is 282 g/mol. The third-order valence-corrected chi connectivity index (χ3v) is 6.20. The second-order valence-corrected chi connectivity index (χ2v) is 7.08. The third kappa shape index (κ3) is 1.74. The maximum Gasteiger partial charge on any atom is 0.161 e. The van der Waals surface area contributed by atoms with Gasteiger partial charge in [-0.15, -0.1) is 0 Å². The van der Waals surface area contributed by atoms with Crippen molar-refractivity contribution in [3.63, 3.8) is 0 Å². The summed E-state index contributed by atoms with van der Waals surface area (Å²) in [7, 11) is 1.73. The highest BCUT2D eigenvalue weighted by Gasteiger charge is 2.52. The molecule has 0 bridgehead atoms. The van der Waals surface area contributed by atoms with E-state index < -0.39 is 0 Å². The van der Waals surface area contributed by atoms with Gasteiger partial charge in [0.15, 0.2) is 5.78 Å². The Labute approximate surface area is 126 Å². The van der Waals surface area contributed by atoms with E-state index in [4.69, 9.17) is 4.74 Å². The summed E-state index contributed by atoms with van der Waals surface area (Å²) in [5.41, 5.74) is 2.83. The average molecular weight is 282 g/mol. The summed E-state index contributed by atoms with van der Waals surface area (Å²) < 4.78 is 5.36. The Morgan fingerprint density at radius 1 is 1.29 bits per heavy atom. The Bertz CT molecular complexity index is 630. The van der Waals surface area contributed by atoms with Gasteiger partial charge in [-0.1, -0.05) is 19.1 Å². The Morgan fingerprint density at radius 3 is 2.95 bits per heavy atom. The van der Waals surface area contributed by atoms with Gasteiger partial charge in [-0.2, -0.15) is 0 Å². The van der Waals surface area contributed by atoms with E-state index in [0.717, 1.165) is 25.0 Å². The van der Waals surface area contributed by atoms with E-state index in [1.165, 1.54) is 17.5 Å². The van der Waals surface area contributed by atoms with Crippen LogP contribution in [-0.4, -0.2) is 12.9 Å². The van der Waals surface area contributed by atoms with Crippen LogP contribution in [0.2, 0.25) is 0 Å². The fourth-order valence-corrected chi connectivity index (χ4v) is 4.96. The second-order valence-electron chi connectivity index (χ2n) is 7.08. The fourth-order valence-electron chi connectivity index (χ4n) is 4.96. The van der Waals surface area contributed by atoms with Gasteiger partial charge < -0.3 is 4.74 Å². The molecule has 110 valence electrons. The molecule has 3 aliphatic carbocycles. The quantitative estimate of drug-likeness (QED) is 0.781. The zero-order chi connectivity index (χ0) is 14.6. The van der Waals surface area contributed by atoms with Crippen molar-refractivity contribution < 1.29 is 9.53 Å². The number of benzene rings is 1. The van der Waals surface area contributed by atoms with Crippen molar-refractivity contribution in [2.45, 2.75) is 38.5 Å². The van der Waals surface area contributed by atoms with Gasteiger partial charge in [0.25, 0.3) is 0 Å². The first-order chi connectivity index (χ1) is 10.1. The average Bonchev–Trinajstić information content (AvgIpc) is 2.82. The molecule has 0 radical (unpaired) electrons. The van der Waals surface area contributed by atoms with Crippen LogP contribution in [0, 0.1) is 17.3 Å². The molecular weight excluding hydrogens is 260 g/mol. The highest BCUT2D eigenvalue weighted by atomic mass is 16.5. The van der Waals surface area contributed by atoms with Crippen LogP contribution in [0.5, 0.6) is 5.75 Å². The van der Waals surface area contributed by atoms with Crippen LogP contribution in [0.25, 0.3) is 0 Å². The van der Waals surface area contributed by atoms with Gasteiger partial charge in [0.05, 0.1) is 7.11 Å². The number of carbonyl (C=O) groups excluding carboxylic acids is 1. The lowest BCUT2D eigenvalue weighted by Gasteiger charge is -2.48. The van der Waals surface area contributed by atoms with E-state index in [2.05, 4.69) is 31.2 Å². The summed E-state index contributed by atoms with van der Waals surface area (Å²) in [5, 5.41) is 0. The summed E-state index contributed by atoms with van der Waals surface area (Å²) >= 11 is 0. The molecule has 0 N–H and O–H groups in total. The number of methoxy groups -OCH3 is 1. The molecule has 0 heterocycles. The Balaban J connectivity index is 1.72. The van der Waals surface area contributed by atoms with Crippen LogP contribution >= 0.6 is 0 Å². The number of hydrogen-bond donors (Lipinski definition) is 0. The number of allylic oxidation sites excluding steroid dienone is 2. The van der Waals surface area contributed by atoms with Gasteiger partial charge in [-0.05, 0) is 72.8 Å². The molecule has 1 fully saturated rings.